The van der Waals surface area contributed by atoms with E-state index >= 15 is 0 Å². The summed E-state index contributed by atoms with van der Waals surface area (Å²) in [7, 11) is 0. The second-order valence-corrected chi connectivity index (χ2v) is 4.26. The van der Waals surface area contributed by atoms with Crippen LogP contribution in [-0.4, -0.2) is 4.98 Å². The van der Waals surface area contributed by atoms with E-state index in [1.54, 1.807) is 0 Å². The Morgan fingerprint density at radius 3 is 2.45 bits per heavy atom. The third kappa shape index (κ3) is 1.78. The first-order valence-corrected chi connectivity index (χ1v) is 4.28. The Labute approximate surface area is 70.5 Å². The predicted octanol–water partition coefficient (Wildman–Crippen LogP) is 2.31. The van der Waals surface area contributed by atoms with Crippen molar-refractivity contribution in [2.75, 3.05) is 0 Å². The topological polar surface area (TPSA) is 36.7 Å². The monoisotopic (exact) mass is 166 g/mol. The van der Waals surface area contributed by atoms with Gasteiger partial charge in [0.15, 0.2) is 5.01 Å². The van der Waals surface area contributed by atoms with Gasteiger partial charge in [-0.2, -0.15) is 5.26 Å². The summed E-state index contributed by atoms with van der Waals surface area (Å²) >= 11 is 1.40. The lowest BCUT2D eigenvalue weighted by Gasteiger charge is -2.13. The number of hydrogen-bond donors (Lipinski definition) is 0. The van der Waals surface area contributed by atoms with Gasteiger partial charge in [-0.25, -0.2) is 4.98 Å². The van der Waals surface area contributed by atoms with Gasteiger partial charge in [-0.15, -0.1) is 11.3 Å². The molecule has 0 spiro atoms. The maximum Gasteiger partial charge on any atom is 0.194 e. The van der Waals surface area contributed by atoms with Crippen molar-refractivity contribution in [3.8, 4) is 6.07 Å². The molecule has 0 unspecified atom stereocenters. The second kappa shape index (κ2) is 2.63. The van der Waals surface area contributed by atoms with Gasteiger partial charge in [-0.1, -0.05) is 20.8 Å². The van der Waals surface area contributed by atoms with Crippen LogP contribution in [-0.2, 0) is 5.41 Å². The maximum atomic E-state index is 8.51. The standard InChI is InChI=1S/C8H10N2S/c1-8(2,3)6-5-11-7(4-9)10-6/h5H,1-3H3. The fraction of sp³-hybridized carbons (Fsp3) is 0.500. The maximum absolute atomic E-state index is 8.51. The Morgan fingerprint density at radius 2 is 2.18 bits per heavy atom. The summed E-state index contributed by atoms with van der Waals surface area (Å²) in [5, 5.41) is 11.0. The van der Waals surface area contributed by atoms with Crippen molar-refractivity contribution in [1.29, 1.82) is 5.26 Å². The molecule has 11 heavy (non-hydrogen) atoms. The molecule has 1 aromatic rings. The summed E-state index contributed by atoms with van der Waals surface area (Å²) < 4.78 is 0. The van der Waals surface area contributed by atoms with Crippen molar-refractivity contribution in [2.45, 2.75) is 26.2 Å². The highest BCUT2D eigenvalue weighted by Crippen LogP contribution is 2.23. The summed E-state index contributed by atoms with van der Waals surface area (Å²) in [6.07, 6.45) is 0. The predicted molar refractivity (Wildman–Crippen MR) is 45.5 cm³/mol. The largest absolute Gasteiger partial charge is 0.230 e. The Balaban J connectivity index is 3.01. The fourth-order valence-corrected chi connectivity index (χ4v) is 1.50. The summed E-state index contributed by atoms with van der Waals surface area (Å²) in [6.45, 7) is 6.26. The molecule has 0 atom stereocenters. The van der Waals surface area contributed by atoms with E-state index < -0.39 is 0 Å². The van der Waals surface area contributed by atoms with Gasteiger partial charge in [0.05, 0.1) is 5.69 Å². The van der Waals surface area contributed by atoms with E-state index in [4.69, 9.17) is 5.26 Å². The van der Waals surface area contributed by atoms with E-state index in [9.17, 15) is 0 Å². The molecule has 0 aromatic carbocycles. The molecule has 0 fully saturated rings. The molecule has 0 saturated carbocycles. The van der Waals surface area contributed by atoms with Crippen molar-refractivity contribution < 1.29 is 0 Å². The normalized spacial score (nSPS) is 11.1. The average molecular weight is 166 g/mol. The molecule has 2 nitrogen and oxygen atoms in total. The van der Waals surface area contributed by atoms with Gasteiger partial charge < -0.3 is 0 Å². The lowest BCUT2D eigenvalue weighted by molar-refractivity contribution is 0.572. The van der Waals surface area contributed by atoms with Crippen LogP contribution in [0.4, 0.5) is 0 Å². The van der Waals surface area contributed by atoms with Gasteiger partial charge >= 0.3 is 0 Å². The summed E-state index contributed by atoms with van der Waals surface area (Å²) in [4.78, 5) is 4.16. The van der Waals surface area contributed by atoms with Crippen LogP contribution in [0, 0.1) is 11.3 Å². The molecule has 3 heteroatoms. The Morgan fingerprint density at radius 1 is 1.55 bits per heavy atom. The van der Waals surface area contributed by atoms with Crippen LogP contribution in [0.2, 0.25) is 0 Å². The number of thiazole rings is 1. The Hall–Kier alpha value is -0.880. The molecule has 0 aliphatic heterocycles. The highest BCUT2D eigenvalue weighted by molar-refractivity contribution is 7.10. The average Bonchev–Trinajstić information content (AvgIpc) is 2.32. The van der Waals surface area contributed by atoms with Crippen molar-refractivity contribution in [3.63, 3.8) is 0 Å². The van der Waals surface area contributed by atoms with E-state index in [0.29, 0.717) is 5.01 Å². The SMILES string of the molecule is CC(C)(C)c1csc(C#N)n1. The molecule has 0 aliphatic carbocycles. The molecule has 0 amide bonds. The van der Waals surface area contributed by atoms with Crippen LogP contribution >= 0.6 is 11.3 Å². The first-order chi connectivity index (χ1) is 5.04. The highest BCUT2D eigenvalue weighted by atomic mass is 32.1. The van der Waals surface area contributed by atoms with Crippen molar-refractivity contribution in [2.24, 2.45) is 0 Å². The number of nitriles is 1. The van der Waals surface area contributed by atoms with Crippen LogP contribution in [0.1, 0.15) is 31.5 Å². The fourth-order valence-electron chi connectivity index (χ4n) is 0.670. The summed E-state index contributed by atoms with van der Waals surface area (Å²) in [6, 6.07) is 2.03. The van der Waals surface area contributed by atoms with E-state index in [-0.39, 0.29) is 5.41 Å². The molecule has 0 saturated heterocycles. The Bertz CT molecular complexity index is 288. The molecular weight excluding hydrogens is 156 g/mol. The van der Waals surface area contributed by atoms with E-state index in [0.717, 1.165) is 5.69 Å². The van der Waals surface area contributed by atoms with Gasteiger partial charge in [0.1, 0.15) is 6.07 Å². The van der Waals surface area contributed by atoms with Gasteiger partial charge in [0.2, 0.25) is 0 Å². The van der Waals surface area contributed by atoms with Gasteiger partial charge in [0, 0.05) is 10.8 Å². The molecule has 0 radical (unpaired) electrons. The van der Waals surface area contributed by atoms with Crippen LogP contribution in [0.25, 0.3) is 0 Å². The summed E-state index contributed by atoms with van der Waals surface area (Å²) in [5.74, 6) is 0. The number of rotatable bonds is 0. The van der Waals surface area contributed by atoms with E-state index in [1.165, 1.54) is 11.3 Å². The molecule has 0 N–H and O–H groups in total. The second-order valence-electron chi connectivity index (χ2n) is 3.40. The lowest BCUT2D eigenvalue weighted by atomic mass is 9.93. The van der Waals surface area contributed by atoms with Crippen molar-refractivity contribution in [3.05, 3.63) is 16.1 Å². The third-order valence-electron chi connectivity index (χ3n) is 1.37. The zero-order chi connectivity index (χ0) is 8.48. The van der Waals surface area contributed by atoms with E-state index in [2.05, 4.69) is 25.8 Å². The first kappa shape index (κ1) is 8.22. The number of nitrogens with zero attached hydrogens (tertiary/aromatic N) is 2. The zero-order valence-electron chi connectivity index (χ0n) is 6.88. The van der Waals surface area contributed by atoms with Gasteiger partial charge in [-0.05, 0) is 0 Å². The quantitative estimate of drug-likeness (QED) is 0.593. The van der Waals surface area contributed by atoms with Crippen LogP contribution in [0.3, 0.4) is 0 Å². The number of aromatic nitrogens is 1. The van der Waals surface area contributed by atoms with Crippen molar-refractivity contribution >= 4 is 11.3 Å². The third-order valence-corrected chi connectivity index (χ3v) is 2.12. The Kier molecular flexibility index (Phi) is 1.97. The zero-order valence-corrected chi connectivity index (χ0v) is 7.70. The first-order valence-electron chi connectivity index (χ1n) is 3.40. The highest BCUT2D eigenvalue weighted by Gasteiger charge is 2.16. The van der Waals surface area contributed by atoms with Gasteiger partial charge in [-0.3, -0.25) is 0 Å². The van der Waals surface area contributed by atoms with Crippen LogP contribution in [0.5, 0.6) is 0 Å². The smallest absolute Gasteiger partial charge is 0.194 e. The molecule has 1 heterocycles. The minimum absolute atomic E-state index is 0.0611. The van der Waals surface area contributed by atoms with E-state index in [1.807, 2.05) is 11.4 Å². The summed E-state index contributed by atoms with van der Waals surface area (Å²) in [5.41, 5.74) is 1.06. The minimum atomic E-state index is 0.0611. The molecule has 0 bridgehead atoms. The number of hydrogen-bond acceptors (Lipinski definition) is 3. The van der Waals surface area contributed by atoms with Gasteiger partial charge in [0.25, 0.3) is 0 Å². The molecular formula is C8H10N2S. The molecule has 0 aliphatic rings. The lowest BCUT2D eigenvalue weighted by Crippen LogP contribution is -2.11. The molecule has 1 aromatic heterocycles. The minimum Gasteiger partial charge on any atom is -0.230 e. The van der Waals surface area contributed by atoms with Crippen LogP contribution in [0.15, 0.2) is 5.38 Å². The molecule has 58 valence electrons. The van der Waals surface area contributed by atoms with Crippen LogP contribution < -0.4 is 0 Å². The molecule has 1 rings (SSSR count). The van der Waals surface area contributed by atoms with Crippen molar-refractivity contribution in [1.82, 2.24) is 4.98 Å².